The molecule has 19 heavy (non-hydrogen) atoms. The molecule has 0 aliphatic heterocycles. The van der Waals surface area contributed by atoms with Crippen molar-refractivity contribution in [3.8, 4) is 5.88 Å². The summed E-state index contributed by atoms with van der Waals surface area (Å²) in [6, 6.07) is 2.53. The summed E-state index contributed by atoms with van der Waals surface area (Å²) in [5, 5.41) is 0.811. The van der Waals surface area contributed by atoms with Gasteiger partial charge in [-0.15, -0.1) is 0 Å². The van der Waals surface area contributed by atoms with Crippen LogP contribution in [0.15, 0.2) is 12.4 Å². The van der Waals surface area contributed by atoms with E-state index in [2.05, 4.69) is 40.6 Å². The van der Waals surface area contributed by atoms with Gasteiger partial charge in [0.15, 0.2) is 0 Å². The molecule has 2 rings (SSSR count). The van der Waals surface area contributed by atoms with E-state index in [1.54, 1.807) is 6.33 Å². The molecule has 1 heterocycles. The average molecular weight is 281 g/mol. The molecule has 106 valence electrons. The highest BCUT2D eigenvalue weighted by Gasteiger charge is 2.28. The molecule has 5 heteroatoms. The molecule has 1 aliphatic carbocycles. The maximum absolute atomic E-state index is 5.44. The van der Waals surface area contributed by atoms with Crippen LogP contribution < -0.4 is 9.64 Å². The van der Waals surface area contributed by atoms with Gasteiger partial charge in [-0.05, 0) is 31.9 Å². The van der Waals surface area contributed by atoms with Gasteiger partial charge in [0.2, 0.25) is 5.88 Å². The third kappa shape index (κ3) is 3.75. The number of hydrogen-bond donors (Lipinski definition) is 0. The molecule has 1 saturated carbocycles. The Morgan fingerprint density at radius 3 is 2.95 bits per heavy atom. The van der Waals surface area contributed by atoms with Gasteiger partial charge in [0.25, 0.3) is 0 Å². The Morgan fingerprint density at radius 2 is 2.21 bits per heavy atom. The predicted octanol–water partition coefficient (Wildman–Crippen LogP) is 2.99. The summed E-state index contributed by atoms with van der Waals surface area (Å²) in [6.45, 7) is 4.84. The number of rotatable bonds is 6. The van der Waals surface area contributed by atoms with E-state index in [0.717, 1.165) is 11.1 Å². The largest absolute Gasteiger partial charge is 0.478 e. The first kappa shape index (κ1) is 14.4. The number of anilines is 1. The van der Waals surface area contributed by atoms with Crippen molar-refractivity contribution in [2.75, 3.05) is 24.3 Å². The molecule has 0 saturated heterocycles. The highest BCUT2D eigenvalue weighted by atomic mass is 32.2. The SMILES string of the molecule is CCOc1cc(N(C)C2CCC(SCC)C2)ncn1. The van der Waals surface area contributed by atoms with E-state index in [1.165, 1.54) is 25.0 Å². The van der Waals surface area contributed by atoms with Crippen molar-refractivity contribution in [1.82, 2.24) is 9.97 Å². The molecular weight excluding hydrogens is 258 g/mol. The van der Waals surface area contributed by atoms with E-state index in [1.807, 2.05) is 13.0 Å². The maximum atomic E-state index is 5.44. The molecule has 1 aliphatic rings. The minimum Gasteiger partial charge on any atom is -0.478 e. The van der Waals surface area contributed by atoms with Gasteiger partial charge in [-0.25, -0.2) is 9.97 Å². The lowest BCUT2D eigenvalue weighted by atomic mass is 10.2. The highest BCUT2D eigenvalue weighted by Crippen LogP contribution is 2.33. The predicted molar refractivity (Wildman–Crippen MR) is 81.2 cm³/mol. The van der Waals surface area contributed by atoms with Gasteiger partial charge in [-0.1, -0.05) is 6.92 Å². The summed E-state index contributed by atoms with van der Waals surface area (Å²) >= 11 is 2.08. The summed E-state index contributed by atoms with van der Waals surface area (Å²) < 4.78 is 5.44. The molecule has 1 aromatic heterocycles. The van der Waals surface area contributed by atoms with Crippen molar-refractivity contribution in [2.24, 2.45) is 0 Å². The standard InChI is InChI=1S/C14H23N3OS/c1-4-18-14-9-13(15-10-16-14)17(3)11-6-7-12(8-11)19-5-2/h9-12H,4-8H2,1-3H3. The molecule has 0 N–H and O–H groups in total. The van der Waals surface area contributed by atoms with Crippen LogP contribution in [0.5, 0.6) is 5.88 Å². The second-order valence-corrected chi connectivity index (χ2v) is 6.38. The van der Waals surface area contributed by atoms with Gasteiger partial charge >= 0.3 is 0 Å². The summed E-state index contributed by atoms with van der Waals surface area (Å²) in [6.07, 6.45) is 5.41. The van der Waals surface area contributed by atoms with E-state index in [-0.39, 0.29) is 0 Å². The third-order valence-corrected chi connectivity index (χ3v) is 4.82. The summed E-state index contributed by atoms with van der Waals surface area (Å²) in [5.41, 5.74) is 0. The first-order valence-corrected chi connectivity index (χ1v) is 8.08. The van der Waals surface area contributed by atoms with Gasteiger partial charge in [0.1, 0.15) is 12.1 Å². The van der Waals surface area contributed by atoms with E-state index in [9.17, 15) is 0 Å². The first-order valence-electron chi connectivity index (χ1n) is 7.03. The van der Waals surface area contributed by atoms with Crippen LogP contribution in [0.4, 0.5) is 5.82 Å². The van der Waals surface area contributed by atoms with Crippen LogP contribution in [-0.4, -0.2) is 40.7 Å². The van der Waals surface area contributed by atoms with Crippen molar-refractivity contribution < 1.29 is 4.74 Å². The van der Waals surface area contributed by atoms with Crippen molar-refractivity contribution in [3.63, 3.8) is 0 Å². The highest BCUT2D eigenvalue weighted by molar-refractivity contribution is 7.99. The molecule has 0 bridgehead atoms. The summed E-state index contributed by atoms with van der Waals surface area (Å²) in [7, 11) is 2.13. The Kier molecular flexibility index (Phi) is 5.31. The zero-order valence-corrected chi connectivity index (χ0v) is 12.8. The number of nitrogens with zero attached hydrogens (tertiary/aromatic N) is 3. The Bertz CT molecular complexity index is 402. The zero-order valence-electron chi connectivity index (χ0n) is 12.0. The zero-order chi connectivity index (χ0) is 13.7. The molecule has 2 unspecified atom stereocenters. The average Bonchev–Trinajstić information content (AvgIpc) is 2.88. The Labute approximate surface area is 120 Å². The normalized spacial score (nSPS) is 22.5. The van der Waals surface area contributed by atoms with Crippen LogP contribution in [0.2, 0.25) is 0 Å². The number of ether oxygens (including phenoxy) is 1. The molecule has 4 nitrogen and oxygen atoms in total. The fourth-order valence-corrected chi connectivity index (χ4v) is 3.73. The van der Waals surface area contributed by atoms with Crippen LogP contribution >= 0.6 is 11.8 Å². The fourth-order valence-electron chi connectivity index (χ4n) is 2.59. The van der Waals surface area contributed by atoms with E-state index < -0.39 is 0 Å². The monoisotopic (exact) mass is 281 g/mol. The molecule has 0 amide bonds. The maximum Gasteiger partial charge on any atom is 0.218 e. The molecule has 1 aromatic rings. The Balaban J connectivity index is 1.99. The number of hydrogen-bond acceptors (Lipinski definition) is 5. The molecule has 0 radical (unpaired) electrons. The van der Waals surface area contributed by atoms with Crippen molar-refractivity contribution >= 4 is 17.6 Å². The van der Waals surface area contributed by atoms with Crippen LogP contribution in [0, 0.1) is 0 Å². The van der Waals surface area contributed by atoms with E-state index >= 15 is 0 Å². The number of thioether (sulfide) groups is 1. The van der Waals surface area contributed by atoms with E-state index in [0.29, 0.717) is 18.5 Å². The van der Waals surface area contributed by atoms with Gasteiger partial charge < -0.3 is 9.64 Å². The van der Waals surface area contributed by atoms with Crippen LogP contribution in [0.3, 0.4) is 0 Å². The van der Waals surface area contributed by atoms with Crippen LogP contribution in [0.1, 0.15) is 33.1 Å². The van der Waals surface area contributed by atoms with Gasteiger partial charge in [0.05, 0.1) is 6.61 Å². The Morgan fingerprint density at radius 1 is 1.37 bits per heavy atom. The summed E-state index contributed by atoms with van der Waals surface area (Å²) in [5.74, 6) is 2.84. The minimum absolute atomic E-state index is 0.591. The first-order chi connectivity index (χ1) is 9.24. The lowest BCUT2D eigenvalue weighted by Crippen LogP contribution is -2.30. The van der Waals surface area contributed by atoms with E-state index in [4.69, 9.17) is 4.74 Å². The molecule has 2 atom stereocenters. The lowest BCUT2D eigenvalue weighted by molar-refractivity contribution is 0.326. The smallest absolute Gasteiger partial charge is 0.218 e. The fraction of sp³-hybridized carbons (Fsp3) is 0.714. The van der Waals surface area contributed by atoms with Gasteiger partial charge in [-0.2, -0.15) is 11.8 Å². The topological polar surface area (TPSA) is 38.2 Å². The van der Waals surface area contributed by atoms with Crippen molar-refractivity contribution in [3.05, 3.63) is 12.4 Å². The van der Waals surface area contributed by atoms with Crippen LogP contribution in [0.25, 0.3) is 0 Å². The quantitative estimate of drug-likeness (QED) is 0.801. The molecule has 0 spiro atoms. The molecule has 0 aromatic carbocycles. The molecule has 1 fully saturated rings. The lowest BCUT2D eigenvalue weighted by Gasteiger charge is -2.25. The van der Waals surface area contributed by atoms with Crippen LogP contribution in [-0.2, 0) is 0 Å². The van der Waals surface area contributed by atoms with Crippen molar-refractivity contribution in [2.45, 2.75) is 44.4 Å². The second kappa shape index (κ2) is 6.98. The van der Waals surface area contributed by atoms with Gasteiger partial charge in [-0.3, -0.25) is 0 Å². The summed E-state index contributed by atoms with van der Waals surface area (Å²) in [4.78, 5) is 10.8. The molecular formula is C14H23N3OS. The third-order valence-electron chi connectivity index (χ3n) is 3.59. The Hall–Kier alpha value is -0.970. The van der Waals surface area contributed by atoms with Gasteiger partial charge in [0, 0.05) is 24.4 Å². The van der Waals surface area contributed by atoms with Crippen molar-refractivity contribution in [1.29, 1.82) is 0 Å². The minimum atomic E-state index is 0.591. The second-order valence-electron chi connectivity index (χ2n) is 4.80. The number of aromatic nitrogens is 2.